The Labute approximate surface area is 189 Å². The second-order valence-corrected chi connectivity index (χ2v) is 7.45. The van der Waals surface area contributed by atoms with Gasteiger partial charge < -0.3 is 24.1 Å². The number of carbonyl (C=O) groups excluding carboxylic acids is 2. The number of phenolic OH excluding ortho intramolecular Hbond substituents is 2. The number of halogens is 1. The predicted octanol–water partition coefficient (Wildman–Crippen LogP) is 3.72. The maximum absolute atomic E-state index is 13.6. The Bertz CT molecular complexity index is 1310. The maximum Gasteiger partial charge on any atom is 0.272 e. The van der Waals surface area contributed by atoms with Crippen molar-refractivity contribution in [3.05, 3.63) is 52.2 Å². The van der Waals surface area contributed by atoms with E-state index in [4.69, 9.17) is 13.9 Å². The topological polar surface area (TPSA) is 143 Å². The molecule has 1 atom stereocenters. The first-order valence-electron chi connectivity index (χ1n) is 9.16. The number of fused-ring (bicyclic) bond motifs is 1. The molecule has 11 heteroatoms. The molecule has 0 radical (unpaired) electrons. The summed E-state index contributed by atoms with van der Waals surface area (Å²) in [7, 11) is 2.67. The minimum absolute atomic E-state index is 0.0494. The van der Waals surface area contributed by atoms with Crippen LogP contribution < -0.4 is 14.9 Å². The fraction of sp³-hybridized carbons (Fsp3) is 0.143. The zero-order chi connectivity index (χ0) is 23.0. The molecule has 0 aliphatic carbocycles. The summed E-state index contributed by atoms with van der Waals surface area (Å²) >= 11 is 3.28. The lowest BCUT2D eigenvalue weighted by Gasteiger charge is -2.17. The third kappa shape index (κ3) is 3.36. The minimum Gasteiger partial charge on any atom is -0.508 e. The zero-order valence-corrected chi connectivity index (χ0v) is 18.3. The van der Waals surface area contributed by atoms with E-state index in [1.807, 2.05) is 0 Å². The molecule has 1 aliphatic rings. The van der Waals surface area contributed by atoms with E-state index in [1.165, 1.54) is 32.6 Å². The summed E-state index contributed by atoms with van der Waals surface area (Å²) in [4.78, 5) is 26.0. The molecule has 3 aromatic rings. The first-order chi connectivity index (χ1) is 15.4. The number of ketones is 1. The van der Waals surface area contributed by atoms with E-state index >= 15 is 0 Å². The lowest BCUT2D eigenvalue weighted by Crippen LogP contribution is -2.25. The molecule has 0 spiro atoms. The first kappa shape index (κ1) is 21.4. The van der Waals surface area contributed by atoms with Gasteiger partial charge in [-0.3, -0.25) is 9.59 Å². The molecule has 2 heterocycles. The molecule has 0 fully saturated rings. The number of rotatable bonds is 6. The van der Waals surface area contributed by atoms with Crippen molar-refractivity contribution >= 4 is 44.2 Å². The number of benzene rings is 2. The number of carbonyl (C=O) groups is 2. The van der Waals surface area contributed by atoms with Gasteiger partial charge in [-0.25, -0.2) is 5.43 Å². The summed E-state index contributed by atoms with van der Waals surface area (Å²) < 4.78 is 16.0. The van der Waals surface area contributed by atoms with Crippen LogP contribution in [-0.4, -0.2) is 42.2 Å². The number of aromatic hydroxyl groups is 2. The monoisotopic (exact) mass is 501 g/mol. The van der Waals surface area contributed by atoms with Crippen molar-refractivity contribution in [1.82, 2.24) is 5.43 Å². The van der Waals surface area contributed by atoms with E-state index in [9.17, 15) is 19.8 Å². The van der Waals surface area contributed by atoms with Crippen LogP contribution in [0.15, 0.2) is 55.8 Å². The van der Waals surface area contributed by atoms with Gasteiger partial charge in [0.15, 0.2) is 17.4 Å². The molecule has 0 saturated carbocycles. The van der Waals surface area contributed by atoms with Gasteiger partial charge in [-0.15, -0.1) is 0 Å². The highest BCUT2D eigenvalue weighted by atomic mass is 79.9. The van der Waals surface area contributed by atoms with Crippen molar-refractivity contribution in [2.75, 3.05) is 14.2 Å². The van der Waals surface area contributed by atoms with Crippen molar-refractivity contribution in [2.45, 2.75) is 6.04 Å². The molecule has 32 heavy (non-hydrogen) atoms. The Balaban J connectivity index is 1.99. The van der Waals surface area contributed by atoms with E-state index in [0.29, 0.717) is 10.9 Å². The van der Waals surface area contributed by atoms with Crippen LogP contribution in [0.1, 0.15) is 15.9 Å². The Morgan fingerprint density at radius 1 is 1.19 bits per heavy atom. The molecule has 1 unspecified atom stereocenters. The number of amides is 1. The third-order valence-electron chi connectivity index (χ3n) is 4.88. The highest BCUT2D eigenvalue weighted by Crippen LogP contribution is 2.47. The van der Waals surface area contributed by atoms with Crippen LogP contribution in [-0.2, 0) is 4.79 Å². The van der Waals surface area contributed by atoms with Crippen LogP contribution in [0.2, 0.25) is 0 Å². The number of ether oxygens (including phenoxy) is 2. The number of methoxy groups -OCH3 is 2. The third-order valence-corrected chi connectivity index (χ3v) is 5.67. The summed E-state index contributed by atoms with van der Waals surface area (Å²) in [6.45, 7) is 0. The van der Waals surface area contributed by atoms with Crippen molar-refractivity contribution in [3.63, 3.8) is 0 Å². The average Bonchev–Trinajstić information content (AvgIpc) is 3.42. The molecule has 2 aromatic carbocycles. The van der Waals surface area contributed by atoms with Gasteiger partial charge in [-0.05, 0) is 39.7 Å². The quantitative estimate of drug-likeness (QED) is 0.345. The molecule has 1 aliphatic heterocycles. The highest BCUT2D eigenvalue weighted by Gasteiger charge is 2.35. The van der Waals surface area contributed by atoms with Crippen molar-refractivity contribution in [2.24, 2.45) is 10.3 Å². The van der Waals surface area contributed by atoms with E-state index in [0.717, 1.165) is 0 Å². The number of nitrogens with one attached hydrogen (secondary N) is 1. The van der Waals surface area contributed by atoms with Crippen LogP contribution in [0.5, 0.6) is 23.0 Å². The van der Waals surface area contributed by atoms with Crippen LogP contribution in [0.4, 0.5) is 0 Å². The molecule has 1 amide bonds. The van der Waals surface area contributed by atoms with E-state index < -0.39 is 23.5 Å². The lowest BCUT2D eigenvalue weighted by atomic mass is 9.94. The lowest BCUT2D eigenvalue weighted by molar-refractivity contribution is -0.119. The molecular weight excluding hydrogens is 486 g/mol. The smallest absolute Gasteiger partial charge is 0.272 e. The number of hydrogen-bond acceptors (Lipinski definition) is 9. The molecule has 0 bridgehead atoms. The van der Waals surface area contributed by atoms with Crippen molar-refractivity contribution in [1.29, 1.82) is 0 Å². The van der Waals surface area contributed by atoms with Crippen LogP contribution in [0.3, 0.4) is 0 Å². The SMILES string of the molecule is COc1c(C(=O)/C(Br)=C(/c2cccc(O)c2)C2N=NNC2=O)c(O)c(OC)c2occc12. The second-order valence-electron chi connectivity index (χ2n) is 6.65. The van der Waals surface area contributed by atoms with Crippen molar-refractivity contribution < 1.29 is 33.7 Å². The Hall–Kier alpha value is -3.86. The second kappa shape index (κ2) is 8.35. The summed E-state index contributed by atoms with van der Waals surface area (Å²) in [5, 5.41) is 28.6. The number of Topliss-reactive ketones (excluding diaryl/α,β-unsaturated/α-hetero) is 1. The van der Waals surface area contributed by atoms with Crippen molar-refractivity contribution in [3.8, 4) is 23.0 Å². The predicted molar refractivity (Wildman–Crippen MR) is 116 cm³/mol. The van der Waals surface area contributed by atoms with Gasteiger partial charge in [0.2, 0.25) is 11.5 Å². The molecule has 3 N–H and O–H groups in total. The van der Waals surface area contributed by atoms with Gasteiger partial charge in [0.1, 0.15) is 17.1 Å². The van der Waals surface area contributed by atoms with Crippen LogP contribution in [0.25, 0.3) is 16.5 Å². The molecular formula is C21H16BrN3O7. The zero-order valence-electron chi connectivity index (χ0n) is 16.7. The number of phenols is 2. The maximum atomic E-state index is 13.6. The van der Waals surface area contributed by atoms with Gasteiger partial charge in [-0.2, -0.15) is 5.11 Å². The standard InChI is InChI=1S/C21H16BrN3O7/c1-30-18-11-6-7-32-19(11)20(31-2)17(28)13(18)16(27)14(22)12(15-21(29)24-25-23-15)9-4-3-5-10(26)8-9/h3-8,15,26,28H,1-2H3,(H,23,24,29)/b14-12+. The average molecular weight is 502 g/mol. The van der Waals surface area contributed by atoms with Gasteiger partial charge in [0.25, 0.3) is 5.91 Å². The summed E-state index contributed by atoms with van der Waals surface area (Å²) in [5.74, 6) is -1.85. The number of hydrogen-bond donors (Lipinski definition) is 3. The molecule has 0 saturated heterocycles. The molecule has 4 rings (SSSR count). The Kier molecular flexibility index (Phi) is 5.57. The van der Waals surface area contributed by atoms with Gasteiger partial charge in [-0.1, -0.05) is 17.4 Å². The first-order valence-corrected chi connectivity index (χ1v) is 9.95. The summed E-state index contributed by atoms with van der Waals surface area (Å²) in [6.07, 6.45) is 1.37. The van der Waals surface area contributed by atoms with Crippen LogP contribution in [0, 0.1) is 0 Å². The van der Waals surface area contributed by atoms with Gasteiger partial charge in [0, 0.05) is 5.57 Å². The minimum atomic E-state index is -1.16. The normalized spacial score (nSPS) is 16.1. The Morgan fingerprint density at radius 3 is 2.56 bits per heavy atom. The fourth-order valence-corrected chi connectivity index (χ4v) is 4.13. The largest absolute Gasteiger partial charge is 0.508 e. The number of allylic oxidation sites excluding steroid dienone is 1. The van der Waals surface area contributed by atoms with E-state index in [-0.39, 0.29) is 38.5 Å². The molecule has 164 valence electrons. The van der Waals surface area contributed by atoms with Gasteiger partial charge in [0.05, 0.1) is 30.4 Å². The number of nitrogens with zero attached hydrogens (tertiary/aromatic N) is 2. The molecule has 10 nitrogen and oxygen atoms in total. The Morgan fingerprint density at radius 2 is 1.94 bits per heavy atom. The van der Waals surface area contributed by atoms with E-state index in [1.54, 1.807) is 18.2 Å². The molecule has 1 aromatic heterocycles. The highest BCUT2D eigenvalue weighted by molar-refractivity contribution is 9.12. The number of furan rings is 1. The fourth-order valence-electron chi connectivity index (χ4n) is 3.49. The summed E-state index contributed by atoms with van der Waals surface area (Å²) in [5.41, 5.74) is 2.70. The summed E-state index contributed by atoms with van der Waals surface area (Å²) in [6, 6.07) is 6.38. The van der Waals surface area contributed by atoms with Crippen LogP contribution >= 0.6 is 15.9 Å². The van der Waals surface area contributed by atoms with Gasteiger partial charge >= 0.3 is 0 Å². The van der Waals surface area contributed by atoms with E-state index in [2.05, 4.69) is 31.7 Å².